The van der Waals surface area contributed by atoms with E-state index >= 15 is 0 Å². The molecule has 0 amide bonds. The van der Waals surface area contributed by atoms with Gasteiger partial charge < -0.3 is 20.5 Å². The van der Waals surface area contributed by atoms with Crippen LogP contribution in [-0.4, -0.2) is 37.9 Å². The molecule has 0 heterocycles. The number of ether oxygens (including phenoxy) is 1. The molecule has 5 nitrogen and oxygen atoms in total. The van der Waals surface area contributed by atoms with Crippen molar-refractivity contribution in [1.29, 1.82) is 0 Å². The van der Waals surface area contributed by atoms with E-state index in [-0.39, 0.29) is 5.56 Å². The number of rotatable bonds is 7. The van der Waals surface area contributed by atoms with Crippen molar-refractivity contribution in [3.05, 3.63) is 23.8 Å². The van der Waals surface area contributed by atoms with E-state index in [2.05, 4.69) is 0 Å². The first-order valence-electron chi connectivity index (χ1n) is 6.49. The fraction of sp³-hybridized carbons (Fsp3) is 0.500. The van der Waals surface area contributed by atoms with Crippen LogP contribution in [0.25, 0.3) is 0 Å². The van der Waals surface area contributed by atoms with Crippen molar-refractivity contribution in [3.63, 3.8) is 0 Å². The summed E-state index contributed by atoms with van der Waals surface area (Å²) in [6, 6.07) is 4.73. The van der Waals surface area contributed by atoms with E-state index in [1.165, 1.54) is 18.9 Å². The summed E-state index contributed by atoms with van der Waals surface area (Å²) < 4.78 is 5.57. The maximum Gasteiger partial charge on any atom is 0.335 e. The predicted molar refractivity (Wildman–Crippen MR) is 74.6 cm³/mol. The van der Waals surface area contributed by atoms with Crippen LogP contribution in [0.15, 0.2) is 18.2 Å². The average Bonchev–Trinajstić information content (AvgIpc) is 3.18. The van der Waals surface area contributed by atoms with E-state index in [4.69, 9.17) is 15.6 Å². The Morgan fingerprint density at radius 3 is 2.89 bits per heavy atom. The number of nitrogens with two attached hydrogens (primary N) is 1. The summed E-state index contributed by atoms with van der Waals surface area (Å²) in [5.74, 6) is -0.189. The van der Waals surface area contributed by atoms with Crippen molar-refractivity contribution < 1.29 is 14.6 Å². The molecule has 0 atom stereocenters. The monoisotopic (exact) mass is 264 g/mol. The summed E-state index contributed by atoms with van der Waals surface area (Å²) in [6.45, 7) is 2.15. The number of carboxylic acids is 1. The second-order valence-electron chi connectivity index (χ2n) is 5.02. The molecule has 1 aromatic rings. The van der Waals surface area contributed by atoms with Crippen LogP contribution in [0.5, 0.6) is 0 Å². The number of carbonyl (C=O) groups is 1. The number of nitrogens with zero attached hydrogens (tertiary/aromatic N) is 1. The van der Waals surface area contributed by atoms with Crippen molar-refractivity contribution in [2.75, 3.05) is 37.4 Å². The molecule has 2 rings (SSSR count). The van der Waals surface area contributed by atoms with Gasteiger partial charge in [0.05, 0.1) is 23.5 Å². The van der Waals surface area contributed by atoms with Gasteiger partial charge in [-0.25, -0.2) is 4.79 Å². The normalized spacial score (nSPS) is 14.4. The average molecular weight is 264 g/mol. The van der Waals surface area contributed by atoms with Crippen LogP contribution in [0.3, 0.4) is 0 Å². The lowest BCUT2D eigenvalue weighted by Crippen LogP contribution is -2.24. The molecule has 5 heteroatoms. The third-order valence-corrected chi connectivity index (χ3v) is 3.31. The van der Waals surface area contributed by atoms with E-state index in [1.807, 2.05) is 11.9 Å². The molecule has 1 aliphatic carbocycles. The number of nitrogen functional groups attached to an aromatic ring is 1. The molecule has 1 fully saturated rings. The topological polar surface area (TPSA) is 75.8 Å². The second kappa shape index (κ2) is 5.93. The van der Waals surface area contributed by atoms with Crippen LogP contribution in [0, 0.1) is 5.92 Å². The first-order chi connectivity index (χ1) is 9.08. The van der Waals surface area contributed by atoms with Crippen LogP contribution < -0.4 is 10.6 Å². The third kappa shape index (κ3) is 3.86. The van der Waals surface area contributed by atoms with E-state index in [1.54, 1.807) is 12.1 Å². The van der Waals surface area contributed by atoms with E-state index in [9.17, 15) is 4.79 Å². The zero-order chi connectivity index (χ0) is 13.8. The van der Waals surface area contributed by atoms with Gasteiger partial charge in [0.25, 0.3) is 0 Å². The molecule has 0 aromatic heterocycles. The minimum Gasteiger partial charge on any atom is -0.478 e. The fourth-order valence-corrected chi connectivity index (χ4v) is 1.86. The molecule has 0 radical (unpaired) electrons. The summed E-state index contributed by atoms with van der Waals surface area (Å²) in [7, 11) is 1.89. The first kappa shape index (κ1) is 13.7. The van der Waals surface area contributed by atoms with Gasteiger partial charge in [-0.2, -0.15) is 0 Å². The van der Waals surface area contributed by atoms with Gasteiger partial charge in [-0.15, -0.1) is 0 Å². The molecular weight excluding hydrogens is 244 g/mol. The van der Waals surface area contributed by atoms with Crippen LogP contribution in [0.4, 0.5) is 11.4 Å². The molecule has 0 saturated heterocycles. The van der Waals surface area contributed by atoms with Gasteiger partial charge >= 0.3 is 5.97 Å². The molecule has 0 spiro atoms. The van der Waals surface area contributed by atoms with Gasteiger partial charge in [0.15, 0.2) is 0 Å². The van der Waals surface area contributed by atoms with Crippen molar-refractivity contribution >= 4 is 17.3 Å². The maximum absolute atomic E-state index is 10.9. The minimum atomic E-state index is -0.945. The van der Waals surface area contributed by atoms with Crippen molar-refractivity contribution in [1.82, 2.24) is 0 Å². The number of aromatic carboxylic acids is 1. The first-order valence-corrected chi connectivity index (χ1v) is 6.49. The molecule has 0 bridgehead atoms. The van der Waals surface area contributed by atoms with Crippen LogP contribution in [0.2, 0.25) is 0 Å². The summed E-state index contributed by atoms with van der Waals surface area (Å²) >= 11 is 0. The SMILES string of the molecule is CN(CCOCC1CC1)c1cc(C(=O)O)ccc1N. The van der Waals surface area contributed by atoms with Crippen LogP contribution in [0.1, 0.15) is 23.2 Å². The predicted octanol–water partition coefficient (Wildman–Crippen LogP) is 1.83. The number of likely N-dealkylation sites (N-methyl/N-ethyl adjacent to an activating group) is 1. The van der Waals surface area contributed by atoms with Gasteiger partial charge in [0.1, 0.15) is 0 Å². The molecule has 104 valence electrons. The molecule has 19 heavy (non-hydrogen) atoms. The molecule has 0 aliphatic heterocycles. The van der Waals surface area contributed by atoms with Crippen LogP contribution >= 0.6 is 0 Å². The Balaban J connectivity index is 1.90. The van der Waals surface area contributed by atoms with Gasteiger partial charge in [0, 0.05) is 20.2 Å². The van der Waals surface area contributed by atoms with Gasteiger partial charge in [-0.05, 0) is 37.0 Å². The lowest BCUT2D eigenvalue weighted by Gasteiger charge is -2.21. The fourth-order valence-electron chi connectivity index (χ4n) is 1.86. The standard InChI is InChI=1S/C14H20N2O3/c1-16(6-7-19-9-10-2-3-10)13-8-11(14(17)18)4-5-12(13)15/h4-5,8,10H,2-3,6-7,9,15H2,1H3,(H,17,18). The largest absolute Gasteiger partial charge is 0.478 e. The van der Waals surface area contributed by atoms with Gasteiger partial charge in [-0.3, -0.25) is 0 Å². The summed E-state index contributed by atoms with van der Waals surface area (Å²) in [4.78, 5) is 12.9. The van der Waals surface area contributed by atoms with E-state index in [0.29, 0.717) is 18.8 Å². The second-order valence-corrected chi connectivity index (χ2v) is 5.02. The Hall–Kier alpha value is -1.75. The Morgan fingerprint density at radius 2 is 2.26 bits per heavy atom. The molecule has 1 aromatic carbocycles. The Bertz CT molecular complexity index is 458. The molecule has 0 unspecified atom stereocenters. The maximum atomic E-state index is 10.9. The van der Waals surface area contributed by atoms with Gasteiger partial charge in [0.2, 0.25) is 0 Å². The highest BCUT2D eigenvalue weighted by Crippen LogP contribution is 2.28. The van der Waals surface area contributed by atoms with Crippen molar-refractivity contribution in [2.24, 2.45) is 5.92 Å². The van der Waals surface area contributed by atoms with Gasteiger partial charge in [-0.1, -0.05) is 0 Å². The Morgan fingerprint density at radius 1 is 1.53 bits per heavy atom. The summed E-state index contributed by atoms with van der Waals surface area (Å²) in [5, 5.41) is 8.98. The van der Waals surface area contributed by atoms with Crippen LogP contribution in [-0.2, 0) is 4.74 Å². The van der Waals surface area contributed by atoms with Crippen molar-refractivity contribution in [2.45, 2.75) is 12.8 Å². The van der Waals surface area contributed by atoms with Crippen molar-refractivity contribution in [3.8, 4) is 0 Å². The quantitative estimate of drug-likeness (QED) is 0.580. The highest BCUT2D eigenvalue weighted by atomic mass is 16.5. The number of hydrogen-bond donors (Lipinski definition) is 2. The number of benzene rings is 1. The molecule has 1 aliphatic rings. The smallest absolute Gasteiger partial charge is 0.335 e. The van der Waals surface area contributed by atoms with E-state index in [0.717, 1.165) is 18.2 Å². The summed E-state index contributed by atoms with van der Waals surface area (Å²) in [5.41, 5.74) is 7.43. The molecular formula is C14H20N2O3. The lowest BCUT2D eigenvalue weighted by molar-refractivity contribution is 0.0697. The highest BCUT2D eigenvalue weighted by Gasteiger charge is 2.21. The number of carboxylic acid groups (broad SMARTS) is 1. The Kier molecular flexibility index (Phi) is 4.27. The van der Waals surface area contributed by atoms with E-state index < -0.39 is 5.97 Å². The number of hydrogen-bond acceptors (Lipinski definition) is 4. The molecule has 3 N–H and O–H groups in total. The Labute approximate surface area is 113 Å². The minimum absolute atomic E-state index is 0.245. The zero-order valence-electron chi connectivity index (χ0n) is 11.1. The number of anilines is 2. The highest BCUT2D eigenvalue weighted by molar-refractivity contribution is 5.90. The zero-order valence-corrected chi connectivity index (χ0v) is 11.1. The molecule has 1 saturated carbocycles. The lowest BCUT2D eigenvalue weighted by atomic mass is 10.1. The third-order valence-electron chi connectivity index (χ3n) is 3.31. The summed E-state index contributed by atoms with van der Waals surface area (Å²) in [6.07, 6.45) is 2.56.